The van der Waals surface area contributed by atoms with Gasteiger partial charge < -0.3 is 9.88 Å². The van der Waals surface area contributed by atoms with Crippen molar-refractivity contribution in [2.45, 2.75) is 40.3 Å². The van der Waals surface area contributed by atoms with Crippen molar-refractivity contribution >= 4 is 0 Å². The second kappa shape index (κ2) is 6.72. The smallest absolute Gasteiger partial charge is 0.250 e. The van der Waals surface area contributed by atoms with Crippen molar-refractivity contribution in [3.05, 3.63) is 69.1 Å². The molecule has 2 rings (SSSR count). The number of nitrogens with zero attached hydrogens (tertiary/aromatic N) is 1. The Morgan fingerprint density at radius 1 is 1.10 bits per heavy atom. The van der Waals surface area contributed by atoms with Crippen LogP contribution in [0.15, 0.2) is 41.2 Å². The van der Waals surface area contributed by atoms with Gasteiger partial charge in [0.05, 0.1) is 6.04 Å². The van der Waals surface area contributed by atoms with E-state index in [2.05, 4.69) is 44.3 Å². The number of likely N-dealkylation sites (N-methyl/N-ethyl adjacent to an activating group) is 1. The Bertz CT molecular complexity index is 653. The lowest BCUT2D eigenvalue weighted by atomic mass is 10.0. The van der Waals surface area contributed by atoms with Gasteiger partial charge in [0.15, 0.2) is 0 Å². The highest BCUT2D eigenvalue weighted by Crippen LogP contribution is 2.19. The topological polar surface area (TPSA) is 34.0 Å². The van der Waals surface area contributed by atoms with Gasteiger partial charge in [0.25, 0.3) is 5.56 Å². The lowest BCUT2D eigenvalue weighted by Crippen LogP contribution is -2.31. The van der Waals surface area contributed by atoms with Crippen molar-refractivity contribution in [3.8, 4) is 0 Å². The molecule has 0 spiro atoms. The van der Waals surface area contributed by atoms with Crippen molar-refractivity contribution < 1.29 is 0 Å². The van der Waals surface area contributed by atoms with Gasteiger partial charge in [0, 0.05) is 18.3 Å². The summed E-state index contributed by atoms with van der Waals surface area (Å²) in [6.45, 7) is 9.82. The summed E-state index contributed by atoms with van der Waals surface area (Å²) in [6.07, 6.45) is 0. The van der Waals surface area contributed by atoms with E-state index in [4.69, 9.17) is 0 Å². The van der Waals surface area contributed by atoms with E-state index >= 15 is 0 Å². The van der Waals surface area contributed by atoms with E-state index in [1.807, 2.05) is 23.6 Å². The van der Waals surface area contributed by atoms with Crippen LogP contribution in [0.4, 0.5) is 0 Å². The van der Waals surface area contributed by atoms with Crippen LogP contribution in [0.5, 0.6) is 0 Å². The zero-order valence-electron chi connectivity index (χ0n) is 13.3. The first-order chi connectivity index (χ1) is 10.0. The zero-order chi connectivity index (χ0) is 15.4. The number of nitrogens with one attached hydrogen (secondary N) is 1. The van der Waals surface area contributed by atoms with Crippen LogP contribution in [0.3, 0.4) is 0 Å². The highest BCUT2D eigenvalue weighted by molar-refractivity contribution is 5.30. The Balaban J connectivity index is 2.37. The Hall–Kier alpha value is -1.87. The molecule has 21 heavy (non-hydrogen) atoms. The molecule has 0 radical (unpaired) electrons. The Kier molecular flexibility index (Phi) is 4.97. The summed E-state index contributed by atoms with van der Waals surface area (Å²) < 4.78 is 1.84. The summed E-state index contributed by atoms with van der Waals surface area (Å²) in [7, 11) is 0. The van der Waals surface area contributed by atoms with Crippen LogP contribution in [0.25, 0.3) is 0 Å². The maximum Gasteiger partial charge on any atom is 0.250 e. The molecule has 0 amide bonds. The van der Waals surface area contributed by atoms with Crippen molar-refractivity contribution in [2.75, 3.05) is 6.54 Å². The van der Waals surface area contributed by atoms with E-state index in [9.17, 15) is 4.79 Å². The van der Waals surface area contributed by atoms with E-state index in [1.54, 1.807) is 6.07 Å². The fourth-order valence-electron chi connectivity index (χ4n) is 2.79. The fourth-order valence-corrected chi connectivity index (χ4v) is 2.79. The second-order valence-electron chi connectivity index (χ2n) is 5.65. The fraction of sp³-hybridized carbons (Fsp3) is 0.389. The molecular weight excluding hydrogens is 260 g/mol. The lowest BCUT2D eigenvalue weighted by Gasteiger charge is -2.22. The first-order valence-electron chi connectivity index (χ1n) is 7.49. The van der Waals surface area contributed by atoms with Crippen LogP contribution >= 0.6 is 0 Å². The highest BCUT2D eigenvalue weighted by atomic mass is 16.1. The summed E-state index contributed by atoms with van der Waals surface area (Å²) >= 11 is 0. The average molecular weight is 284 g/mol. The molecule has 1 atom stereocenters. The Labute approximate surface area is 126 Å². The Morgan fingerprint density at radius 2 is 1.76 bits per heavy atom. The summed E-state index contributed by atoms with van der Waals surface area (Å²) in [5.41, 5.74) is 4.80. The molecule has 1 aromatic heterocycles. The van der Waals surface area contributed by atoms with Gasteiger partial charge in [-0.15, -0.1) is 0 Å². The van der Waals surface area contributed by atoms with E-state index in [0.29, 0.717) is 6.54 Å². The van der Waals surface area contributed by atoms with Crippen molar-refractivity contribution in [2.24, 2.45) is 0 Å². The first kappa shape index (κ1) is 15.5. The van der Waals surface area contributed by atoms with Crippen molar-refractivity contribution in [3.63, 3.8) is 0 Å². The molecular formula is C18H24N2O. The molecule has 1 aromatic carbocycles. The third-order valence-electron chi connectivity index (χ3n) is 3.73. The van der Waals surface area contributed by atoms with Crippen LogP contribution in [0, 0.1) is 20.8 Å². The molecule has 0 aliphatic heterocycles. The minimum atomic E-state index is 0.0577. The molecule has 0 saturated heterocycles. The van der Waals surface area contributed by atoms with Crippen LogP contribution in [-0.4, -0.2) is 11.1 Å². The van der Waals surface area contributed by atoms with Gasteiger partial charge in [-0.1, -0.05) is 42.3 Å². The van der Waals surface area contributed by atoms with Gasteiger partial charge >= 0.3 is 0 Å². The minimum Gasteiger partial charge on any atom is -0.311 e. The third kappa shape index (κ3) is 3.82. The van der Waals surface area contributed by atoms with E-state index < -0.39 is 0 Å². The molecule has 0 aliphatic rings. The number of aryl methyl sites for hydroxylation is 3. The van der Waals surface area contributed by atoms with Crippen LogP contribution in [0.2, 0.25) is 0 Å². The number of aromatic nitrogens is 1. The number of rotatable bonds is 5. The zero-order valence-corrected chi connectivity index (χ0v) is 13.3. The van der Waals surface area contributed by atoms with Gasteiger partial charge in [0.2, 0.25) is 0 Å². The molecule has 3 heteroatoms. The highest BCUT2D eigenvalue weighted by Gasteiger charge is 2.13. The number of benzene rings is 1. The molecule has 1 heterocycles. The van der Waals surface area contributed by atoms with E-state index in [0.717, 1.165) is 12.2 Å². The number of hydrogen-bond acceptors (Lipinski definition) is 2. The van der Waals surface area contributed by atoms with Gasteiger partial charge in [0.1, 0.15) is 0 Å². The predicted molar refractivity (Wildman–Crippen MR) is 87.8 cm³/mol. The van der Waals surface area contributed by atoms with Crippen molar-refractivity contribution in [1.29, 1.82) is 0 Å². The first-order valence-corrected chi connectivity index (χ1v) is 7.49. The molecule has 0 saturated carbocycles. The van der Waals surface area contributed by atoms with Crippen molar-refractivity contribution in [1.82, 2.24) is 9.88 Å². The molecule has 0 fully saturated rings. The molecule has 112 valence electrons. The maximum atomic E-state index is 12.1. The summed E-state index contributed by atoms with van der Waals surface area (Å²) in [5, 5.41) is 3.50. The molecule has 1 unspecified atom stereocenters. The standard InChI is InChI=1S/C18H24N2O/c1-5-19-17(16-10-13(2)9-14(3)11-16)12-20-15(4)7-6-8-18(20)21/h6-11,17,19H,5,12H2,1-4H3. The van der Waals surface area contributed by atoms with E-state index in [-0.39, 0.29) is 11.6 Å². The maximum absolute atomic E-state index is 12.1. The number of pyridine rings is 1. The van der Waals surface area contributed by atoms with Gasteiger partial charge in [-0.2, -0.15) is 0 Å². The third-order valence-corrected chi connectivity index (χ3v) is 3.73. The lowest BCUT2D eigenvalue weighted by molar-refractivity contribution is 0.461. The summed E-state index contributed by atoms with van der Waals surface area (Å²) in [6, 6.07) is 12.1. The van der Waals surface area contributed by atoms with Gasteiger partial charge in [-0.3, -0.25) is 4.79 Å². The average Bonchev–Trinajstić information content (AvgIpc) is 2.40. The van der Waals surface area contributed by atoms with Crippen LogP contribution in [-0.2, 0) is 6.54 Å². The Morgan fingerprint density at radius 3 is 2.33 bits per heavy atom. The molecule has 0 aliphatic carbocycles. The quantitative estimate of drug-likeness (QED) is 0.915. The van der Waals surface area contributed by atoms with Gasteiger partial charge in [-0.05, 0) is 38.9 Å². The molecule has 2 aromatic rings. The van der Waals surface area contributed by atoms with Crippen LogP contribution < -0.4 is 10.9 Å². The van der Waals surface area contributed by atoms with Gasteiger partial charge in [-0.25, -0.2) is 0 Å². The normalized spacial score (nSPS) is 12.4. The van der Waals surface area contributed by atoms with Crippen LogP contribution in [0.1, 0.15) is 35.3 Å². The molecule has 1 N–H and O–H groups in total. The summed E-state index contributed by atoms with van der Waals surface area (Å²) in [4.78, 5) is 12.1. The monoisotopic (exact) mass is 284 g/mol. The minimum absolute atomic E-state index is 0.0577. The SMILES string of the molecule is CCNC(Cn1c(C)cccc1=O)c1cc(C)cc(C)c1. The van der Waals surface area contributed by atoms with E-state index in [1.165, 1.54) is 16.7 Å². The second-order valence-corrected chi connectivity index (χ2v) is 5.65. The predicted octanol–water partition coefficient (Wildman–Crippen LogP) is 3.12. The molecule has 0 bridgehead atoms. The number of hydrogen-bond donors (Lipinski definition) is 1. The largest absolute Gasteiger partial charge is 0.311 e. The summed E-state index contributed by atoms with van der Waals surface area (Å²) in [5.74, 6) is 0. The molecule has 3 nitrogen and oxygen atoms in total.